The zero-order valence-electron chi connectivity index (χ0n) is 18.3. The van der Waals surface area contributed by atoms with E-state index in [1.54, 1.807) is 29.2 Å². The number of anilines is 1. The molecule has 2 amide bonds. The Kier molecular flexibility index (Phi) is 9.52. The van der Waals surface area contributed by atoms with Crippen molar-refractivity contribution in [1.82, 2.24) is 5.32 Å². The van der Waals surface area contributed by atoms with Gasteiger partial charge < -0.3 is 10.2 Å². The molecule has 5 heteroatoms. The summed E-state index contributed by atoms with van der Waals surface area (Å²) in [6.45, 7) is 7.07. The van der Waals surface area contributed by atoms with E-state index in [1.807, 2.05) is 26.0 Å². The topological polar surface area (TPSA) is 49.4 Å². The third kappa shape index (κ3) is 6.97. The van der Waals surface area contributed by atoms with Crippen molar-refractivity contribution in [2.45, 2.75) is 52.9 Å². The van der Waals surface area contributed by atoms with Crippen LogP contribution in [0.5, 0.6) is 0 Å². The van der Waals surface area contributed by atoms with Crippen LogP contribution in [0.25, 0.3) is 0 Å². The van der Waals surface area contributed by atoms with E-state index < -0.39 is 0 Å². The molecule has 2 aromatic rings. The molecule has 2 rings (SSSR count). The monoisotopic (exact) mass is 412 g/mol. The Labute approximate surface area is 179 Å². The van der Waals surface area contributed by atoms with Crippen LogP contribution in [0.3, 0.4) is 0 Å². The highest BCUT2D eigenvalue weighted by molar-refractivity contribution is 6.06. The maximum absolute atomic E-state index is 13.4. The van der Waals surface area contributed by atoms with Crippen LogP contribution < -0.4 is 10.2 Å². The number of carbonyl (C=O) groups is 2. The second-order valence-electron chi connectivity index (χ2n) is 7.69. The summed E-state index contributed by atoms with van der Waals surface area (Å²) in [5.74, 6) is -0.342. The van der Waals surface area contributed by atoms with E-state index in [2.05, 4.69) is 12.2 Å². The summed E-state index contributed by atoms with van der Waals surface area (Å²) < 4.78 is 13.4. The van der Waals surface area contributed by atoms with Gasteiger partial charge in [-0.05, 0) is 62.6 Å². The fraction of sp³-hybridized carbons (Fsp3) is 0.440. The smallest absolute Gasteiger partial charge is 0.258 e. The molecule has 0 aliphatic heterocycles. The van der Waals surface area contributed by atoms with E-state index in [1.165, 1.54) is 12.1 Å². The molecule has 1 N–H and O–H groups in total. The molecule has 0 fully saturated rings. The van der Waals surface area contributed by atoms with Gasteiger partial charge in [-0.15, -0.1) is 0 Å². The summed E-state index contributed by atoms with van der Waals surface area (Å²) >= 11 is 0. The Morgan fingerprint density at radius 2 is 1.67 bits per heavy atom. The molecule has 0 heterocycles. The van der Waals surface area contributed by atoms with Crippen molar-refractivity contribution in [2.75, 3.05) is 18.0 Å². The summed E-state index contributed by atoms with van der Waals surface area (Å²) in [5.41, 5.74) is 2.30. The summed E-state index contributed by atoms with van der Waals surface area (Å²) in [6.07, 6.45) is 4.49. The minimum Gasteiger partial charge on any atom is -0.356 e. The zero-order valence-corrected chi connectivity index (χ0v) is 18.3. The highest BCUT2D eigenvalue weighted by Crippen LogP contribution is 2.19. The molecular weight excluding hydrogens is 379 g/mol. The van der Waals surface area contributed by atoms with Gasteiger partial charge in [0.25, 0.3) is 5.91 Å². The maximum atomic E-state index is 13.4. The van der Waals surface area contributed by atoms with Crippen LogP contribution in [-0.4, -0.2) is 24.9 Å². The summed E-state index contributed by atoms with van der Waals surface area (Å²) in [6, 6.07) is 13.3. The second kappa shape index (κ2) is 12.1. The van der Waals surface area contributed by atoms with E-state index in [4.69, 9.17) is 0 Å². The van der Waals surface area contributed by atoms with Gasteiger partial charge in [0.15, 0.2) is 0 Å². The molecule has 0 bridgehead atoms. The van der Waals surface area contributed by atoms with Crippen molar-refractivity contribution in [3.05, 3.63) is 65.5 Å². The fourth-order valence-electron chi connectivity index (χ4n) is 3.39. The molecule has 2 aromatic carbocycles. The number of rotatable bonds is 11. The quantitative estimate of drug-likeness (QED) is 0.495. The van der Waals surface area contributed by atoms with Crippen molar-refractivity contribution in [1.29, 1.82) is 0 Å². The van der Waals surface area contributed by atoms with Gasteiger partial charge in [0, 0.05) is 30.3 Å². The summed E-state index contributed by atoms with van der Waals surface area (Å²) in [5, 5.41) is 3.01. The molecule has 0 spiro atoms. The van der Waals surface area contributed by atoms with Crippen LogP contribution in [0, 0.1) is 18.7 Å². The van der Waals surface area contributed by atoms with Crippen LogP contribution in [0.2, 0.25) is 0 Å². The average Bonchev–Trinajstić information content (AvgIpc) is 2.75. The minimum atomic E-state index is -0.341. The molecule has 0 aromatic heterocycles. The van der Waals surface area contributed by atoms with Crippen LogP contribution >= 0.6 is 0 Å². The van der Waals surface area contributed by atoms with E-state index in [9.17, 15) is 14.0 Å². The van der Waals surface area contributed by atoms with E-state index >= 15 is 0 Å². The van der Waals surface area contributed by atoms with E-state index in [-0.39, 0.29) is 23.5 Å². The number of nitrogens with one attached hydrogen (secondary N) is 1. The van der Waals surface area contributed by atoms with Crippen LogP contribution in [-0.2, 0) is 4.79 Å². The number of halogens is 1. The minimum absolute atomic E-state index is 0.0485. The lowest BCUT2D eigenvalue weighted by molar-refractivity contribution is -0.125. The number of hydrogen-bond acceptors (Lipinski definition) is 2. The van der Waals surface area contributed by atoms with Gasteiger partial charge in [0.2, 0.25) is 5.91 Å². The number of unbranched alkanes of at least 4 members (excludes halogenated alkanes) is 1. The molecule has 1 atom stereocenters. The van der Waals surface area contributed by atoms with Gasteiger partial charge in [-0.25, -0.2) is 4.39 Å². The second-order valence-corrected chi connectivity index (χ2v) is 7.69. The fourth-order valence-corrected chi connectivity index (χ4v) is 3.39. The third-order valence-electron chi connectivity index (χ3n) is 5.31. The first-order valence-corrected chi connectivity index (χ1v) is 10.9. The van der Waals surface area contributed by atoms with E-state index in [0.29, 0.717) is 30.8 Å². The molecule has 0 saturated heterocycles. The van der Waals surface area contributed by atoms with Crippen molar-refractivity contribution < 1.29 is 14.0 Å². The van der Waals surface area contributed by atoms with Gasteiger partial charge in [0.1, 0.15) is 5.82 Å². The average molecular weight is 413 g/mol. The molecule has 30 heavy (non-hydrogen) atoms. The molecule has 0 saturated carbocycles. The van der Waals surface area contributed by atoms with Gasteiger partial charge in [-0.3, -0.25) is 9.59 Å². The standard InChI is InChI=1S/C25H33FN2O2/c1-4-6-8-20(5-2)24(29)27-17-7-18-28(23-15-13-22(26)14-16-23)25(30)21-11-9-19(3)10-12-21/h9-16,20H,4-8,17-18H2,1-3H3,(H,27,29). The number of carbonyl (C=O) groups excluding carboxylic acids is 2. The number of nitrogens with zero attached hydrogens (tertiary/aromatic N) is 1. The number of amides is 2. The van der Waals surface area contributed by atoms with E-state index in [0.717, 1.165) is 31.2 Å². The molecule has 0 radical (unpaired) electrons. The number of aryl methyl sites for hydroxylation is 1. The Bertz CT molecular complexity index is 803. The van der Waals surface area contributed by atoms with Crippen molar-refractivity contribution >= 4 is 17.5 Å². The lowest BCUT2D eigenvalue weighted by Crippen LogP contribution is -2.36. The predicted octanol–water partition coefficient (Wildman–Crippen LogP) is 5.50. The van der Waals surface area contributed by atoms with Crippen molar-refractivity contribution in [3.8, 4) is 0 Å². The van der Waals surface area contributed by atoms with Crippen LogP contribution in [0.15, 0.2) is 48.5 Å². The molecule has 162 valence electrons. The molecule has 1 unspecified atom stereocenters. The first-order valence-electron chi connectivity index (χ1n) is 10.9. The first-order chi connectivity index (χ1) is 14.5. The Morgan fingerprint density at radius 1 is 1.00 bits per heavy atom. The summed E-state index contributed by atoms with van der Waals surface area (Å²) in [7, 11) is 0. The Balaban J connectivity index is 2.01. The molecular formula is C25H33FN2O2. The maximum Gasteiger partial charge on any atom is 0.258 e. The highest BCUT2D eigenvalue weighted by Gasteiger charge is 2.19. The zero-order chi connectivity index (χ0) is 21.9. The lowest BCUT2D eigenvalue weighted by Gasteiger charge is -2.23. The van der Waals surface area contributed by atoms with Crippen molar-refractivity contribution in [3.63, 3.8) is 0 Å². The molecule has 4 nitrogen and oxygen atoms in total. The van der Waals surface area contributed by atoms with Gasteiger partial charge in [-0.1, -0.05) is 44.4 Å². The normalized spacial score (nSPS) is 11.7. The third-order valence-corrected chi connectivity index (χ3v) is 5.31. The summed E-state index contributed by atoms with van der Waals surface area (Å²) in [4.78, 5) is 27.1. The van der Waals surface area contributed by atoms with Crippen molar-refractivity contribution in [2.24, 2.45) is 5.92 Å². The van der Waals surface area contributed by atoms with Gasteiger partial charge in [0.05, 0.1) is 0 Å². The van der Waals surface area contributed by atoms with Crippen LogP contribution in [0.4, 0.5) is 10.1 Å². The Hall–Kier alpha value is -2.69. The first kappa shape index (κ1) is 23.6. The largest absolute Gasteiger partial charge is 0.356 e. The highest BCUT2D eigenvalue weighted by atomic mass is 19.1. The number of benzene rings is 2. The molecule has 0 aliphatic carbocycles. The SMILES string of the molecule is CCCCC(CC)C(=O)NCCCN(C(=O)c1ccc(C)cc1)c1ccc(F)cc1. The predicted molar refractivity (Wildman–Crippen MR) is 120 cm³/mol. The van der Waals surface area contributed by atoms with Gasteiger partial charge in [-0.2, -0.15) is 0 Å². The van der Waals surface area contributed by atoms with Crippen LogP contribution in [0.1, 0.15) is 61.9 Å². The van der Waals surface area contributed by atoms with Gasteiger partial charge >= 0.3 is 0 Å². The number of hydrogen-bond donors (Lipinski definition) is 1. The lowest BCUT2D eigenvalue weighted by atomic mass is 9.98. The Morgan fingerprint density at radius 3 is 2.27 bits per heavy atom. The molecule has 0 aliphatic rings.